The number of halogens is 1. The Kier molecular flexibility index (Phi) is 3.76. The summed E-state index contributed by atoms with van der Waals surface area (Å²) in [6.07, 6.45) is 0.0163. The van der Waals surface area contributed by atoms with Gasteiger partial charge in [-0.2, -0.15) is 0 Å². The van der Waals surface area contributed by atoms with Crippen LogP contribution >= 0.6 is 15.9 Å². The van der Waals surface area contributed by atoms with Crippen LogP contribution in [0.15, 0.2) is 0 Å². The number of carbonyl (C=O) groups is 2. The molecule has 0 spiro atoms. The number of nitrogens with zero attached hydrogens (tertiary/aromatic N) is 1. The van der Waals surface area contributed by atoms with Crippen molar-refractivity contribution in [1.29, 1.82) is 0 Å². The van der Waals surface area contributed by atoms with Crippen LogP contribution in [0.1, 0.15) is 27.2 Å². The second-order valence-corrected chi connectivity index (χ2v) is 5.31. The highest BCUT2D eigenvalue weighted by molar-refractivity contribution is 9.09. The number of amides is 1. The van der Waals surface area contributed by atoms with E-state index in [1.165, 1.54) is 4.90 Å². The van der Waals surface area contributed by atoms with E-state index in [1.54, 1.807) is 0 Å². The van der Waals surface area contributed by atoms with E-state index in [9.17, 15) is 9.59 Å². The van der Waals surface area contributed by atoms with Gasteiger partial charge in [0.2, 0.25) is 0 Å². The predicted octanol–water partition coefficient (Wildman–Crippen LogP) is 1.96. The average Bonchev–Trinajstić information content (AvgIpc) is 2.43. The highest BCUT2D eigenvalue weighted by atomic mass is 79.9. The number of ether oxygens (including phenoxy) is 1. The van der Waals surface area contributed by atoms with E-state index in [0.29, 0.717) is 11.8 Å². The molecule has 0 saturated carbocycles. The molecule has 4 nitrogen and oxygen atoms in total. The van der Waals surface area contributed by atoms with Crippen LogP contribution in [-0.2, 0) is 9.53 Å². The van der Waals surface area contributed by atoms with Crippen molar-refractivity contribution in [3.63, 3.8) is 0 Å². The van der Waals surface area contributed by atoms with Crippen LogP contribution in [0.4, 0.5) is 4.79 Å². The van der Waals surface area contributed by atoms with Gasteiger partial charge in [-0.05, 0) is 20.8 Å². The van der Waals surface area contributed by atoms with Crippen LogP contribution < -0.4 is 0 Å². The quantitative estimate of drug-likeness (QED) is 0.689. The zero-order valence-corrected chi connectivity index (χ0v) is 10.8. The third-order valence-electron chi connectivity index (χ3n) is 2.06. The van der Waals surface area contributed by atoms with Gasteiger partial charge in [-0.25, -0.2) is 4.79 Å². The molecule has 1 saturated heterocycles. The minimum atomic E-state index is -0.514. The number of Topliss-reactive ketones (excluding diaryl/α,β-unsaturated/α-hetero) is 1. The van der Waals surface area contributed by atoms with E-state index >= 15 is 0 Å². The van der Waals surface area contributed by atoms with Crippen molar-refractivity contribution in [2.75, 3.05) is 11.9 Å². The van der Waals surface area contributed by atoms with Gasteiger partial charge in [0.1, 0.15) is 5.60 Å². The molecule has 15 heavy (non-hydrogen) atoms. The van der Waals surface area contributed by atoms with Crippen molar-refractivity contribution in [3.05, 3.63) is 0 Å². The molecule has 86 valence electrons. The van der Waals surface area contributed by atoms with E-state index in [-0.39, 0.29) is 18.4 Å². The molecular weight excluding hydrogens is 262 g/mol. The van der Waals surface area contributed by atoms with Gasteiger partial charge in [-0.15, -0.1) is 0 Å². The van der Waals surface area contributed by atoms with Crippen LogP contribution in [0, 0.1) is 0 Å². The molecule has 0 bridgehead atoms. The van der Waals surface area contributed by atoms with E-state index in [4.69, 9.17) is 4.74 Å². The molecular formula is C10H16BrNO3. The Morgan fingerprint density at radius 1 is 1.60 bits per heavy atom. The fourth-order valence-electron chi connectivity index (χ4n) is 1.43. The number of carbonyl (C=O) groups excluding carboxylic acids is 2. The summed E-state index contributed by atoms with van der Waals surface area (Å²) in [6.45, 7) is 5.61. The lowest BCUT2D eigenvalue weighted by atomic mass is 10.2. The molecule has 0 aromatic carbocycles. The topological polar surface area (TPSA) is 46.6 Å². The molecule has 1 heterocycles. The second kappa shape index (κ2) is 4.51. The first-order chi connectivity index (χ1) is 6.83. The average molecular weight is 278 g/mol. The zero-order chi connectivity index (χ0) is 11.6. The van der Waals surface area contributed by atoms with Gasteiger partial charge in [-0.3, -0.25) is 9.69 Å². The minimum absolute atomic E-state index is 0.0626. The van der Waals surface area contributed by atoms with Gasteiger partial charge < -0.3 is 4.74 Å². The van der Waals surface area contributed by atoms with Crippen molar-refractivity contribution in [3.8, 4) is 0 Å². The molecule has 1 rings (SSSR count). The number of alkyl halides is 1. The summed E-state index contributed by atoms with van der Waals surface area (Å²) in [4.78, 5) is 24.4. The summed E-state index contributed by atoms with van der Waals surface area (Å²) in [6, 6.07) is -0.0626. The van der Waals surface area contributed by atoms with Gasteiger partial charge in [0.15, 0.2) is 5.78 Å². The lowest BCUT2D eigenvalue weighted by Gasteiger charge is -2.27. The Balaban J connectivity index is 2.63. The first-order valence-corrected chi connectivity index (χ1v) is 6.03. The van der Waals surface area contributed by atoms with Crippen LogP contribution in [0.5, 0.6) is 0 Å². The van der Waals surface area contributed by atoms with Crippen molar-refractivity contribution in [2.45, 2.75) is 38.8 Å². The van der Waals surface area contributed by atoms with Crippen LogP contribution in [0.25, 0.3) is 0 Å². The minimum Gasteiger partial charge on any atom is -0.444 e. The number of ketones is 1. The molecule has 1 amide bonds. The summed E-state index contributed by atoms with van der Waals surface area (Å²) in [7, 11) is 0. The second-order valence-electron chi connectivity index (χ2n) is 4.66. The Bertz CT molecular complexity index is 272. The van der Waals surface area contributed by atoms with E-state index in [2.05, 4.69) is 15.9 Å². The van der Waals surface area contributed by atoms with Gasteiger partial charge in [0.05, 0.1) is 12.6 Å². The zero-order valence-electron chi connectivity index (χ0n) is 9.25. The number of rotatable bonds is 1. The summed E-state index contributed by atoms with van der Waals surface area (Å²) >= 11 is 3.29. The number of likely N-dealkylation sites (tertiary alicyclic amines) is 1. The molecule has 1 unspecified atom stereocenters. The maximum atomic E-state index is 11.7. The summed E-state index contributed by atoms with van der Waals surface area (Å²) in [5.74, 6) is 0.0882. The van der Waals surface area contributed by atoms with Crippen LogP contribution in [-0.4, -0.2) is 40.3 Å². The predicted molar refractivity (Wildman–Crippen MR) is 60.1 cm³/mol. The highest BCUT2D eigenvalue weighted by Gasteiger charge is 2.35. The Hall–Kier alpha value is -0.580. The summed E-state index contributed by atoms with van der Waals surface area (Å²) < 4.78 is 5.22. The fourth-order valence-corrected chi connectivity index (χ4v) is 2.01. The molecule has 1 fully saturated rings. The molecule has 0 radical (unpaired) electrons. The van der Waals surface area contributed by atoms with Crippen LogP contribution in [0.3, 0.4) is 0 Å². The lowest BCUT2D eigenvalue weighted by molar-refractivity contribution is -0.117. The van der Waals surface area contributed by atoms with Crippen LogP contribution in [0.2, 0.25) is 0 Å². The Labute approximate surface area is 98.1 Å². The van der Waals surface area contributed by atoms with Gasteiger partial charge in [0, 0.05) is 11.8 Å². The van der Waals surface area contributed by atoms with Gasteiger partial charge in [-0.1, -0.05) is 15.9 Å². The van der Waals surface area contributed by atoms with Crippen molar-refractivity contribution in [1.82, 2.24) is 4.90 Å². The molecule has 0 aliphatic carbocycles. The largest absolute Gasteiger partial charge is 0.444 e. The summed E-state index contributed by atoms with van der Waals surface area (Å²) in [5.41, 5.74) is -0.514. The molecule has 0 aromatic rings. The molecule has 5 heteroatoms. The lowest BCUT2D eigenvalue weighted by Crippen LogP contribution is -2.40. The molecule has 0 aromatic heterocycles. The Morgan fingerprint density at radius 3 is 2.67 bits per heavy atom. The third-order valence-corrected chi connectivity index (χ3v) is 2.80. The normalized spacial score (nSPS) is 22.0. The SMILES string of the molecule is CC(C)(C)OC(=O)N1CC(=O)CC1CBr. The van der Waals surface area contributed by atoms with E-state index < -0.39 is 11.7 Å². The third kappa shape index (κ3) is 3.48. The number of hydrogen-bond acceptors (Lipinski definition) is 3. The molecule has 1 atom stereocenters. The van der Waals surface area contributed by atoms with Crippen molar-refractivity contribution >= 4 is 27.8 Å². The van der Waals surface area contributed by atoms with Gasteiger partial charge in [0.25, 0.3) is 0 Å². The monoisotopic (exact) mass is 277 g/mol. The Morgan fingerprint density at radius 2 is 2.20 bits per heavy atom. The maximum absolute atomic E-state index is 11.7. The smallest absolute Gasteiger partial charge is 0.410 e. The van der Waals surface area contributed by atoms with E-state index in [1.807, 2.05) is 20.8 Å². The highest BCUT2D eigenvalue weighted by Crippen LogP contribution is 2.20. The van der Waals surface area contributed by atoms with Crippen molar-refractivity contribution < 1.29 is 14.3 Å². The first-order valence-electron chi connectivity index (χ1n) is 4.91. The van der Waals surface area contributed by atoms with Crippen molar-refractivity contribution in [2.24, 2.45) is 0 Å². The van der Waals surface area contributed by atoms with Gasteiger partial charge >= 0.3 is 6.09 Å². The standard InChI is InChI=1S/C10H16BrNO3/c1-10(2,3)15-9(14)12-6-8(13)4-7(12)5-11/h7H,4-6H2,1-3H3. The molecule has 1 aliphatic rings. The maximum Gasteiger partial charge on any atom is 0.410 e. The van der Waals surface area contributed by atoms with E-state index in [0.717, 1.165) is 0 Å². The number of hydrogen-bond donors (Lipinski definition) is 0. The first kappa shape index (κ1) is 12.5. The fraction of sp³-hybridized carbons (Fsp3) is 0.800. The summed E-state index contributed by atoms with van der Waals surface area (Å²) in [5, 5.41) is 0.609. The molecule has 1 aliphatic heterocycles. The molecule has 0 N–H and O–H groups in total.